The van der Waals surface area contributed by atoms with Gasteiger partial charge in [0, 0.05) is 45.3 Å². The number of carbonyl (C=O) groups excluding carboxylic acids is 1. The number of rotatable bonds is 7. The van der Waals surface area contributed by atoms with Crippen LogP contribution in [0.2, 0.25) is 0 Å². The summed E-state index contributed by atoms with van der Waals surface area (Å²) < 4.78 is 19.4. The second-order valence-electron chi connectivity index (χ2n) is 7.38. The minimum Gasteiger partial charge on any atom is -0.462 e. The van der Waals surface area contributed by atoms with Gasteiger partial charge < -0.3 is 20.3 Å². The molecule has 162 valence electrons. The molecule has 2 N–H and O–H groups in total. The number of nitrogens with one attached hydrogen (secondary N) is 2. The average Bonchev–Trinajstić information content (AvgIpc) is 3.36. The largest absolute Gasteiger partial charge is 0.462 e. The molecule has 0 aromatic carbocycles. The van der Waals surface area contributed by atoms with Crippen LogP contribution in [-0.4, -0.2) is 55.7 Å². The highest BCUT2D eigenvalue weighted by molar-refractivity contribution is 14.0. The first-order chi connectivity index (χ1) is 13.7. The number of hydrogen-bond donors (Lipinski definition) is 2. The van der Waals surface area contributed by atoms with Gasteiger partial charge in [-0.1, -0.05) is 0 Å². The van der Waals surface area contributed by atoms with Gasteiger partial charge in [0.05, 0.1) is 0 Å². The first-order valence-corrected chi connectivity index (χ1v) is 10.2. The topological polar surface area (TPSA) is 78.8 Å². The van der Waals surface area contributed by atoms with Crippen molar-refractivity contribution in [1.82, 2.24) is 15.6 Å². The standard InChI is InChI=1S/C20H30FN5O2.HI/c1-22-20(24-12-5-9-18(27)28-16-6-2-3-7-16)25-15-10-13-26(14-15)19-17(21)8-4-11-23-19;/h4,8,11,15-16H,2-3,5-7,9-10,12-14H2,1H3,(H2,22,24,25);1H. The molecule has 0 spiro atoms. The number of aromatic nitrogens is 1. The van der Waals surface area contributed by atoms with Crippen molar-refractivity contribution >= 4 is 41.7 Å². The van der Waals surface area contributed by atoms with E-state index in [2.05, 4.69) is 20.6 Å². The van der Waals surface area contributed by atoms with Gasteiger partial charge in [0.1, 0.15) is 6.10 Å². The lowest BCUT2D eigenvalue weighted by molar-refractivity contribution is -0.148. The fraction of sp³-hybridized carbons (Fsp3) is 0.650. The van der Waals surface area contributed by atoms with Crippen LogP contribution in [0.15, 0.2) is 23.3 Å². The third-order valence-electron chi connectivity index (χ3n) is 5.24. The van der Waals surface area contributed by atoms with Gasteiger partial charge in [-0.25, -0.2) is 9.37 Å². The van der Waals surface area contributed by atoms with Crippen molar-refractivity contribution in [3.63, 3.8) is 0 Å². The van der Waals surface area contributed by atoms with Crippen molar-refractivity contribution in [1.29, 1.82) is 0 Å². The summed E-state index contributed by atoms with van der Waals surface area (Å²) in [5.74, 6) is 0.684. The van der Waals surface area contributed by atoms with E-state index in [4.69, 9.17) is 4.74 Å². The third-order valence-corrected chi connectivity index (χ3v) is 5.24. The molecule has 1 saturated carbocycles. The maximum atomic E-state index is 13.9. The van der Waals surface area contributed by atoms with Crippen LogP contribution < -0.4 is 15.5 Å². The Morgan fingerprint density at radius 2 is 2.17 bits per heavy atom. The van der Waals surface area contributed by atoms with Crippen molar-refractivity contribution in [2.45, 2.75) is 57.1 Å². The predicted molar refractivity (Wildman–Crippen MR) is 122 cm³/mol. The van der Waals surface area contributed by atoms with Crippen LogP contribution in [-0.2, 0) is 9.53 Å². The van der Waals surface area contributed by atoms with Crippen LogP contribution in [0.5, 0.6) is 0 Å². The van der Waals surface area contributed by atoms with Crippen LogP contribution >= 0.6 is 24.0 Å². The lowest BCUT2D eigenvalue weighted by Crippen LogP contribution is -2.45. The quantitative estimate of drug-likeness (QED) is 0.190. The Hall–Kier alpha value is -1.65. The third kappa shape index (κ3) is 7.27. The van der Waals surface area contributed by atoms with E-state index in [0.29, 0.717) is 37.7 Å². The Morgan fingerprint density at radius 3 is 2.90 bits per heavy atom. The molecule has 2 aliphatic rings. The minimum atomic E-state index is -0.296. The Balaban J connectivity index is 0.00000300. The molecule has 1 saturated heterocycles. The molecular weight excluding hydrogens is 488 g/mol. The number of carbonyl (C=O) groups is 1. The van der Waals surface area contributed by atoms with Crippen LogP contribution in [0.3, 0.4) is 0 Å². The summed E-state index contributed by atoms with van der Waals surface area (Å²) in [6.45, 7) is 2.06. The van der Waals surface area contributed by atoms with E-state index in [1.165, 1.54) is 6.07 Å². The molecule has 1 aromatic heterocycles. The summed E-state index contributed by atoms with van der Waals surface area (Å²) in [5, 5.41) is 6.60. The Labute approximate surface area is 188 Å². The van der Waals surface area contributed by atoms with Crippen LogP contribution in [0, 0.1) is 5.82 Å². The summed E-state index contributed by atoms with van der Waals surface area (Å²) in [6.07, 6.45) is 8.05. The molecule has 1 atom stereocenters. The molecule has 0 radical (unpaired) electrons. The highest BCUT2D eigenvalue weighted by Gasteiger charge is 2.26. The van der Waals surface area contributed by atoms with Gasteiger partial charge in [0.2, 0.25) is 0 Å². The van der Waals surface area contributed by atoms with E-state index in [-0.39, 0.29) is 47.9 Å². The van der Waals surface area contributed by atoms with Gasteiger partial charge >= 0.3 is 5.97 Å². The molecule has 2 heterocycles. The summed E-state index contributed by atoms with van der Waals surface area (Å²) in [4.78, 5) is 22.2. The SMILES string of the molecule is CN=C(NCCCC(=O)OC1CCCC1)NC1CCN(c2ncccc2F)C1.I. The van der Waals surface area contributed by atoms with E-state index in [1.54, 1.807) is 19.3 Å². The van der Waals surface area contributed by atoms with Gasteiger partial charge in [-0.2, -0.15) is 0 Å². The molecule has 0 amide bonds. The second kappa shape index (κ2) is 12.1. The zero-order valence-electron chi connectivity index (χ0n) is 16.9. The minimum absolute atomic E-state index is 0. The molecule has 2 fully saturated rings. The number of anilines is 1. The van der Waals surface area contributed by atoms with Gasteiger partial charge in [0.25, 0.3) is 0 Å². The van der Waals surface area contributed by atoms with Gasteiger partial charge in [-0.05, 0) is 50.7 Å². The molecular formula is C20H31FIN5O2. The number of halogens is 2. The van der Waals surface area contributed by atoms with Crippen LogP contribution in [0.25, 0.3) is 0 Å². The normalized spacial score (nSPS) is 19.7. The number of aliphatic imine (C=N–C) groups is 1. The number of ether oxygens (including phenoxy) is 1. The molecule has 9 heteroatoms. The number of pyridine rings is 1. The number of hydrogen-bond acceptors (Lipinski definition) is 5. The monoisotopic (exact) mass is 519 g/mol. The van der Waals surface area contributed by atoms with Crippen molar-refractivity contribution in [2.24, 2.45) is 4.99 Å². The molecule has 7 nitrogen and oxygen atoms in total. The second-order valence-corrected chi connectivity index (χ2v) is 7.38. The summed E-state index contributed by atoms with van der Waals surface area (Å²) in [7, 11) is 1.72. The maximum absolute atomic E-state index is 13.9. The van der Waals surface area contributed by atoms with Crippen LogP contribution in [0.4, 0.5) is 10.2 Å². The smallest absolute Gasteiger partial charge is 0.306 e. The fourth-order valence-corrected chi connectivity index (χ4v) is 3.76. The summed E-state index contributed by atoms with van der Waals surface area (Å²) in [6, 6.07) is 3.20. The Morgan fingerprint density at radius 1 is 1.38 bits per heavy atom. The number of nitrogens with zero attached hydrogens (tertiary/aromatic N) is 3. The lowest BCUT2D eigenvalue weighted by atomic mass is 10.2. The van der Waals surface area contributed by atoms with Crippen molar-refractivity contribution < 1.29 is 13.9 Å². The number of guanidine groups is 1. The highest BCUT2D eigenvalue weighted by Crippen LogP contribution is 2.22. The van der Waals surface area contributed by atoms with E-state index in [1.807, 2.05) is 4.90 Å². The zero-order chi connectivity index (χ0) is 19.8. The lowest BCUT2D eigenvalue weighted by Gasteiger charge is -2.20. The molecule has 1 aliphatic carbocycles. The van der Waals surface area contributed by atoms with Crippen LogP contribution in [0.1, 0.15) is 44.9 Å². The molecule has 1 aromatic rings. The molecule has 3 rings (SSSR count). The molecule has 1 aliphatic heterocycles. The van der Waals surface area contributed by atoms with E-state index >= 15 is 0 Å². The molecule has 29 heavy (non-hydrogen) atoms. The van der Waals surface area contributed by atoms with Gasteiger partial charge in [0.15, 0.2) is 17.6 Å². The zero-order valence-corrected chi connectivity index (χ0v) is 19.2. The van der Waals surface area contributed by atoms with Crippen molar-refractivity contribution in [3.8, 4) is 0 Å². The average molecular weight is 519 g/mol. The summed E-state index contributed by atoms with van der Waals surface area (Å²) >= 11 is 0. The van der Waals surface area contributed by atoms with Crippen molar-refractivity contribution in [2.75, 3.05) is 31.6 Å². The Bertz CT molecular complexity index is 685. The first-order valence-electron chi connectivity index (χ1n) is 10.2. The van der Waals surface area contributed by atoms with E-state index < -0.39 is 0 Å². The number of esters is 1. The van der Waals surface area contributed by atoms with E-state index in [0.717, 1.165) is 38.6 Å². The summed E-state index contributed by atoms with van der Waals surface area (Å²) in [5.41, 5.74) is 0. The predicted octanol–water partition coefficient (Wildman–Crippen LogP) is 2.85. The molecule has 0 bridgehead atoms. The van der Waals surface area contributed by atoms with Crippen molar-refractivity contribution in [3.05, 3.63) is 24.1 Å². The first kappa shape index (κ1) is 23.6. The van der Waals surface area contributed by atoms with E-state index in [9.17, 15) is 9.18 Å². The molecule has 1 unspecified atom stereocenters. The van der Waals surface area contributed by atoms with Gasteiger partial charge in [-0.3, -0.25) is 9.79 Å². The Kier molecular flexibility index (Phi) is 9.89. The highest BCUT2D eigenvalue weighted by atomic mass is 127. The maximum Gasteiger partial charge on any atom is 0.306 e. The van der Waals surface area contributed by atoms with Gasteiger partial charge in [-0.15, -0.1) is 24.0 Å². The fourth-order valence-electron chi connectivity index (χ4n) is 3.76.